The van der Waals surface area contributed by atoms with Crippen LogP contribution in [0.2, 0.25) is 0 Å². The summed E-state index contributed by atoms with van der Waals surface area (Å²) in [6, 6.07) is 16.3. The topological polar surface area (TPSA) is 128 Å². The number of fused-ring (bicyclic) bond motifs is 1. The summed E-state index contributed by atoms with van der Waals surface area (Å²) in [5, 5.41) is 14.3. The van der Waals surface area contributed by atoms with Crippen molar-refractivity contribution in [1.29, 1.82) is 0 Å². The van der Waals surface area contributed by atoms with E-state index < -0.39 is 12.1 Å². The largest absolute Gasteiger partial charge is 0.445 e. The Morgan fingerprint density at radius 3 is 2.69 bits per heavy atom. The van der Waals surface area contributed by atoms with Crippen molar-refractivity contribution in [2.24, 2.45) is 0 Å². The van der Waals surface area contributed by atoms with E-state index >= 15 is 0 Å². The molecule has 1 unspecified atom stereocenters. The molecular formula is C22H23N7O3. The van der Waals surface area contributed by atoms with Gasteiger partial charge in [-0.2, -0.15) is 0 Å². The number of benzene rings is 2. The molecule has 4 aromatic rings. The number of para-hydroxylation sites is 2. The zero-order valence-electron chi connectivity index (χ0n) is 17.6. The molecule has 2 N–H and O–H groups in total. The third-order valence-corrected chi connectivity index (χ3v) is 4.98. The maximum Gasteiger partial charge on any atom is 0.408 e. The molecule has 164 valence electrons. The van der Waals surface area contributed by atoms with Crippen LogP contribution in [-0.4, -0.2) is 48.1 Å². The quantitative estimate of drug-likeness (QED) is 0.415. The number of hydrogen-bond donors (Lipinski definition) is 2. The Hall–Kier alpha value is -4.08. The minimum absolute atomic E-state index is 0.0694. The van der Waals surface area contributed by atoms with Crippen molar-refractivity contribution in [2.75, 3.05) is 0 Å². The van der Waals surface area contributed by atoms with E-state index in [0.29, 0.717) is 24.5 Å². The number of carbonyl (C=O) groups excluding carboxylic acids is 2. The number of alkyl carbamates (subject to hydrolysis) is 1. The van der Waals surface area contributed by atoms with Crippen LogP contribution in [0.1, 0.15) is 30.6 Å². The fourth-order valence-electron chi connectivity index (χ4n) is 3.29. The van der Waals surface area contributed by atoms with Crippen molar-refractivity contribution in [2.45, 2.75) is 39.0 Å². The second-order valence-electron chi connectivity index (χ2n) is 7.26. The van der Waals surface area contributed by atoms with Crippen LogP contribution in [0.15, 0.2) is 54.6 Å². The summed E-state index contributed by atoms with van der Waals surface area (Å²) in [7, 11) is 0. The van der Waals surface area contributed by atoms with Gasteiger partial charge in [-0.1, -0.05) is 49.4 Å². The molecule has 1 atom stereocenters. The van der Waals surface area contributed by atoms with Gasteiger partial charge in [0.1, 0.15) is 19.0 Å². The zero-order chi connectivity index (χ0) is 22.3. The molecule has 0 aliphatic rings. The Morgan fingerprint density at radius 2 is 1.91 bits per heavy atom. The molecule has 32 heavy (non-hydrogen) atoms. The number of aromatic nitrogens is 6. The van der Waals surface area contributed by atoms with Crippen LogP contribution in [0.25, 0.3) is 11.0 Å². The molecule has 2 aromatic heterocycles. The van der Waals surface area contributed by atoms with Crippen molar-refractivity contribution in [3.05, 3.63) is 71.8 Å². The number of Topliss-reactive ketones (excluding diaryl/α,β-unsaturated/α-hetero) is 1. The van der Waals surface area contributed by atoms with Gasteiger partial charge in [0.15, 0.2) is 11.6 Å². The number of ether oxygens (including phenoxy) is 1. The fraction of sp³-hybridized carbons (Fsp3) is 0.273. The smallest absolute Gasteiger partial charge is 0.408 e. The first kappa shape index (κ1) is 21.2. The number of tetrazole rings is 1. The number of nitrogens with zero attached hydrogens (tertiary/aromatic N) is 5. The summed E-state index contributed by atoms with van der Waals surface area (Å²) in [5.74, 6) is 0.977. The number of amides is 1. The average molecular weight is 433 g/mol. The maximum absolute atomic E-state index is 12.8. The summed E-state index contributed by atoms with van der Waals surface area (Å²) in [4.78, 5) is 32.7. The third-order valence-electron chi connectivity index (χ3n) is 4.98. The lowest BCUT2D eigenvalue weighted by molar-refractivity contribution is -0.121. The predicted octanol–water partition coefficient (Wildman–Crippen LogP) is 2.41. The van der Waals surface area contributed by atoms with Crippen LogP contribution in [0.3, 0.4) is 0 Å². The number of aromatic amines is 1. The number of imidazole rings is 1. The number of nitrogens with one attached hydrogen (secondary N) is 2. The summed E-state index contributed by atoms with van der Waals surface area (Å²) >= 11 is 0. The number of rotatable bonds is 9. The monoisotopic (exact) mass is 433 g/mol. The maximum atomic E-state index is 12.8. The van der Waals surface area contributed by atoms with Crippen molar-refractivity contribution in [3.63, 3.8) is 0 Å². The molecule has 0 radical (unpaired) electrons. The molecule has 10 nitrogen and oxygen atoms in total. The molecule has 0 spiro atoms. The lowest BCUT2D eigenvalue weighted by Gasteiger charge is -2.16. The van der Waals surface area contributed by atoms with E-state index in [-0.39, 0.29) is 18.9 Å². The average Bonchev–Trinajstić information content (AvgIpc) is 3.43. The van der Waals surface area contributed by atoms with E-state index in [0.717, 1.165) is 16.6 Å². The molecule has 0 saturated carbocycles. The van der Waals surface area contributed by atoms with Gasteiger partial charge < -0.3 is 15.0 Å². The highest BCUT2D eigenvalue weighted by Crippen LogP contribution is 2.12. The van der Waals surface area contributed by atoms with Gasteiger partial charge in [0.2, 0.25) is 0 Å². The van der Waals surface area contributed by atoms with Crippen LogP contribution in [0.5, 0.6) is 0 Å². The van der Waals surface area contributed by atoms with Crippen molar-refractivity contribution in [3.8, 4) is 0 Å². The first-order chi connectivity index (χ1) is 15.6. The van der Waals surface area contributed by atoms with E-state index in [1.807, 2.05) is 61.5 Å². The molecule has 0 saturated heterocycles. The highest BCUT2D eigenvalue weighted by Gasteiger charge is 2.22. The van der Waals surface area contributed by atoms with Crippen molar-refractivity contribution >= 4 is 22.9 Å². The van der Waals surface area contributed by atoms with Crippen LogP contribution < -0.4 is 5.32 Å². The lowest BCUT2D eigenvalue weighted by atomic mass is 10.1. The second kappa shape index (κ2) is 9.82. The molecule has 0 aliphatic carbocycles. The van der Waals surface area contributed by atoms with Crippen LogP contribution in [-0.2, 0) is 29.1 Å². The van der Waals surface area contributed by atoms with E-state index in [2.05, 4.69) is 30.8 Å². The summed E-state index contributed by atoms with van der Waals surface area (Å²) in [6.45, 7) is 1.88. The predicted molar refractivity (Wildman–Crippen MR) is 116 cm³/mol. The van der Waals surface area contributed by atoms with Gasteiger partial charge in [-0.15, -0.1) is 5.10 Å². The Kier molecular flexibility index (Phi) is 6.49. The van der Waals surface area contributed by atoms with Gasteiger partial charge >= 0.3 is 6.09 Å². The Morgan fingerprint density at radius 1 is 1.12 bits per heavy atom. The SMILES string of the molecule is CCC(NC(=O)OCc1ccccc1)C(=O)Cn1nnnc1Cc1nc2ccccc2[nH]1. The summed E-state index contributed by atoms with van der Waals surface area (Å²) in [6.07, 6.45) is 0.117. The van der Waals surface area contributed by atoms with E-state index in [4.69, 9.17) is 4.74 Å². The van der Waals surface area contributed by atoms with E-state index in [1.165, 1.54) is 4.68 Å². The summed E-state index contributed by atoms with van der Waals surface area (Å²) in [5.41, 5.74) is 2.63. The molecule has 4 rings (SSSR count). The zero-order valence-corrected chi connectivity index (χ0v) is 17.6. The van der Waals surface area contributed by atoms with Crippen molar-refractivity contribution < 1.29 is 14.3 Å². The van der Waals surface area contributed by atoms with Gasteiger partial charge in [0.05, 0.1) is 23.5 Å². The number of H-pyrrole nitrogens is 1. The minimum atomic E-state index is -0.707. The van der Waals surface area contributed by atoms with Gasteiger partial charge in [-0.3, -0.25) is 4.79 Å². The molecular weight excluding hydrogens is 410 g/mol. The molecule has 10 heteroatoms. The molecule has 2 aromatic carbocycles. The Bertz CT molecular complexity index is 1170. The van der Waals surface area contributed by atoms with Crippen LogP contribution in [0, 0.1) is 0 Å². The van der Waals surface area contributed by atoms with Gasteiger partial charge in [-0.25, -0.2) is 14.5 Å². The molecule has 0 fully saturated rings. The molecule has 0 bridgehead atoms. The lowest BCUT2D eigenvalue weighted by Crippen LogP contribution is -2.42. The van der Waals surface area contributed by atoms with Crippen molar-refractivity contribution in [1.82, 2.24) is 35.5 Å². The summed E-state index contributed by atoms with van der Waals surface area (Å²) < 4.78 is 6.64. The molecule has 1 amide bonds. The Balaban J connectivity index is 1.35. The van der Waals surface area contributed by atoms with E-state index in [1.54, 1.807) is 0 Å². The first-order valence-electron chi connectivity index (χ1n) is 10.3. The van der Waals surface area contributed by atoms with Gasteiger partial charge in [0.25, 0.3) is 0 Å². The highest BCUT2D eigenvalue weighted by atomic mass is 16.5. The van der Waals surface area contributed by atoms with Crippen LogP contribution >= 0.6 is 0 Å². The normalized spacial score (nSPS) is 11.9. The van der Waals surface area contributed by atoms with Gasteiger partial charge in [0, 0.05) is 0 Å². The van der Waals surface area contributed by atoms with Crippen LogP contribution in [0.4, 0.5) is 4.79 Å². The number of ketones is 1. The molecule has 2 heterocycles. The second-order valence-corrected chi connectivity index (χ2v) is 7.26. The first-order valence-corrected chi connectivity index (χ1v) is 10.3. The Labute approximate surface area is 184 Å². The third kappa shape index (κ3) is 5.15. The number of hydrogen-bond acceptors (Lipinski definition) is 7. The molecule has 0 aliphatic heterocycles. The van der Waals surface area contributed by atoms with E-state index in [9.17, 15) is 9.59 Å². The van der Waals surface area contributed by atoms with Gasteiger partial charge in [-0.05, 0) is 34.5 Å². The number of carbonyl (C=O) groups is 2. The standard InChI is InChI=1S/C22H23N7O3/c1-2-16(25-22(31)32-14-15-8-4-3-5-9-15)19(30)13-29-21(26-27-28-29)12-20-23-17-10-6-7-11-18(17)24-20/h3-11,16H,2,12-14H2,1H3,(H,23,24)(H,25,31). The minimum Gasteiger partial charge on any atom is -0.445 e. The fourth-order valence-corrected chi connectivity index (χ4v) is 3.29. The highest BCUT2D eigenvalue weighted by molar-refractivity contribution is 5.87.